The van der Waals surface area contributed by atoms with Gasteiger partial charge in [0.1, 0.15) is 0 Å². The SMILES string of the molecule is Cc1ccc2c[n-]nc2c1. The predicted octanol–water partition coefficient (Wildman–Crippen LogP) is 1.50. The molecule has 0 fully saturated rings. The van der Waals surface area contributed by atoms with E-state index in [1.807, 2.05) is 19.1 Å². The van der Waals surface area contributed by atoms with Gasteiger partial charge >= 0.3 is 0 Å². The largest absolute Gasteiger partial charge is 0.581 e. The number of fused-ring (bicyclic) bond motifs is 1. The van der Waals surface area contributed by atoms with Crippen molar-refractivity contribution in [3.05, 3.63) is 30.0 Å². The van der Waals surface area contributed by atoms with Crippen LogP contribution in [0.25, 0.3) is 10.9 Å². The van der Waals surface area contributed by atoms with Crippen LogP contribution in [0.4, 0.5) is 0 Å². The van der Waals surface area contributed by atoms with E-state index >= 15 is 0 Å². The Morgan fingerprint density at radius 2 is 2.30 bits per heavy atom. The second-order valence-electron chi connectivity index (χ2n) is 2.41. The van der Waals surface area contributed by atoms with Gasteiger partial charge in [-0.2, -0.15) is 6.20 Å². The molecule has 0 spiro atoms. The summed E-state index contributed by atoms with van der Waals surface area (Å²) in [4.78, 5) is 0. The minimum absolute atomic E-state index is 0.986. The van der Waals surface area contributed by atoms with Crippen molar-refractivity contribution < 1.29 is 0 Å². The average molecular weight is 131 g/mol. The van der Waals surface area contributed by atoms with Crippen LogP contribution in [-0.2, 0) is 0 Å². The van der Waals surface area contributed by atoms with Crippen LogP contribution in [0.5, 0.6) is 0 Å². The van der Waals surface area contributed by atoms with Crippen molar-refractivity contribution in [2.24, 2.45) is 0 Å². The van der Waals surface area contributed by atoms with Crippen LogP contribution in [0.1, 0.15) is 5.56 Å². The quantitative estimate of drug-likeness (QED) is 0.541. The van der Waals surface area contributed by atoms with Crippen molar-refractivity contribution in [2.75, 3.05) is 0 Å². The zero-order valence-corrected chi connectivity index (χ0v) is 5.70. The number of hydrogen-bond donors (Lipinski definition) is 0. The monoisotopic (exact) mass is 131 g/mol. The minimum atomic E-state index is 0.986. The lowest BCUT2D eigenvalue weighted by atomic mass is 10.2. The Bertz CT molecular complexity index is 349. The van der Waals surface area contributed by atoms with Gasteiger partial charge in [-0.05, 0) is 23.9 Å². The van der Waals surface area contributed by atoms with E-state index in [1.165, 1.54) is 5.56 Å². The smallest absolute Gasteiger partial charge is 0.0469 e. The number of benzene rings is 1. The number of aryl methyl sites for hydroxylation is 1. The minimum Gasteiger partial charge on any atom is -0.581 e. The first kappa shape index (κ1) is 5.47. The Labute approximate surface area is 58.9 Å². The Morgan fingerprint density at radius 1 is 1.40 bits per heavy atom. The molecule has 1 aromatic heterocycles. The molecule has 2 nitrogen and oxygen atoms in total. The van der Waals surface area contributed by atoms with Crippen molar-refractivity contribution in [3.63, 3.8) is 0 Å². The molecular formula is C8H7N2-. The van der Waals surface area contributed by atoms with Crippen LogP contribution in [0.3, 0.4) is 0 Å². The summed E-state index contributed by atoms with van der Waals surface area (Å²) in [7, 11) is 0. The van der Waals surface area contributed by atoms with Gasteiger partial charge in [0.2, 0.25) is 0 Å². The summed E-state index contributed by atoms with van der Waals surface area (Å²) in [6, 6.07) is 6.12. The second-order valence-corrected chi connectivity index (χ2v) is 2.41. The zero-order valence-electron chi connectivity index (χ0n) is 5.70. The molecule has 2 rings (SSSR count). The summed E-state index contributed by atoms with van der Waals surface area (Å²) in [5.41, 5.74) is 2.22. The van der Waals surface area contributed by atoms with Crippen LogP contribution >= 0.6 is 0 Å². The maximum absolute atomic E-state index is 3.93. The van der Waals surface area contributed by atoms with Crippen LogP contribution in [0, 0.1) is 6.92 Å². The summed E-state index contributed by atoms with van der Waals surface area (Å²) in [6.45, 7) is 2.05. The molecule has 0 radical (unpaired) electrons. The van der Waals surface area contributed by atoms with Crippen molar-refractivity contribution in [2.45, 2.75) is 6.92 Å². The lowest BCUT2D eigenvalue weighted by Crippen LogP contribution is -1.71. The molecule has 0 bridgehead atoms. The standard InChI is InChI=1S/C8H7N2/c1-6-2-3-7-5-9-10-8(7)4-6/h2-5H,1H3/q-1. The van der Waals surface area contributed by atoms with E-state index in [0.717, 1.165) is 10.9 Å². The van der Waals surface area contributed by atoms with Gasteiger partial charge in [0.15, 0.2) is 0 Å². The molecular weight excluding hydrogens is 124 g/mol. The first-order valence-electron chi connectivity index (χ1n) is 3.21. The van der Waals surface area contributed by atoms with Gasteiger partial charge in [0.25, 0.3) is 0 Å². The molecule has 0 N–H and O–H groups in total. The molecule has 1 aromatic carbocycles. The lowest BCUT2D eigenvalue weighted by Gasteiger charge is -1.91. The van der Waals surface area contributed by atoms with Crippen LogP contribution in [0.15, 0.2) is 24.4 Å². The molecule has 0 saturated carbocycles. The topological polar surface area (TPSA) is 27.0 Å². The molecule has 0 aliphatic heterocycles. The van der Waals surface area contributed by atoms with E-state index in [1.54, 1.807) is 6.20 Å². The molecule has 0 aliphatic carbocycles. The van der Waals surface area contributed by atoms with Crippen molar-refractivity contribution >= 4 is 10.9 Å². The zero-order chi connectivity index (χ0) is 6.97. The summed E-state index contributed by atoms with van der Waals surface area (Å²) in [6.07, 6.45) is 1.77. The highest BCUT2D eigenvalue weighted by molar-refractivity contribution is 5.78. The maximum Gasteiger partial charge on any atom is 0.0469 e. The van der Waals surface area contributed by atoms with E-state index in [4.69, 9.17) is 0 Å². The molecule has 0 amide bonds. The Morgan fingerprint density at radius 3 is 3.20 bits per heavy atom. The van der Waals surface area contributed by atoms with Gasteiger partial charge < -0.3 is 10.2 Å². The molecule has 10 heavy (non-hydrogen) atoms. The van der Waals surface area contributed by atoms with Crippen molar-refractivity contribution in [3.8, 4) is 0 Å². The highest BCUT2D eigenvalue weighted by Gasteiger charge is 1.87. The molecule has 2 aromatic rings. The molecule has 0 aliphatic rings. The number of aromatic nitrogens is 2. The first-order valence-corrected chi connectivity index (χ1v) is 3.21. The first-order chi connectivity index (χ1) is 4.86. The summed E-state index contributed by atoms with van der Waals surface area (Å²) < 4.78 is 0. The Kier molecular flexibility index (Phi) is 1.01. The van der Waals surface area contributed by atoms with Crippen LogP contribution in [0.2, 0.25) is 0 Å². The van der Waals surface area contributed by atoms with Gasteiger partial charge in [-0.25, -0.2) is 0 Å². The number of hydrogen-bond acceptors (Lipinski definition) is 1. The molecule has 1 heterocycles. The molecule has 0 unspecified atom stereocenters. The second kappa shape index (κ2) is 1.84. The molecule has 0 saturated heterocycles. The van der Waals surface area contributed by atoms with E-state index < -0.39 is 0 Å². The highest BCUT2D eigenvalue weighted by Crippen LogP contribution is 2.10. The summed E-state index contributed by atoms with van der Waals surface area (Å²) in [5, 5.41) is 8.84. The van der Waals surface area contributed by atoms with E-state index in [9.17, 15) is 0 Å². The van der Waals surface area contributed by atoms with E-state index in [-0.39, 0.29) is 0 Å². The fourth-order valence-electron chi connectivity index (χ4n) is 1.00. The maximum atomic E-state index is 3.93. The van der Waals surface area contributed by atoms with Gasteiger partial charge in [0.05, 0.1) is 0 Å². The van der Waals surface area contributed by atoms with Gasteiger partial charge in [-0.1, -0.05) is 12.1 Å². The van der Waals surface area contributed by atoms with E-state index in [0.29, 0.717) is 0 Å². The van der Waals surface area contributed by atoms with E-state index in [2.05, 4.69) is 16.3 Å². The van der Waals surface area contributed by atoms with Crippen LogP contribution < -0.4 is 5.10 Å². The highest BCUT2D eigenvalue weighted by atomic mass is 15.1. The number of rotatable bonds is 0. The molecule has 2 heteroatoms. The average Bonchev–Trinajstić information content (AvgIpc) is 2.33. The van der Waals surface area contributed by atoms with Crippen molar-refractivity contribution in [1.29, 1.82) is 0 Å². The third-order valence-corrected chi connectivity index (χ3v) is 1.55. The molecule has 0 atom stereocenters. The van der Waals surface area contributed by atoms with Gasteiger partial charge in [0, 0.05) is 5.52 Å². The fraction of sp³-hybridized carbons (Fsp3) is 0.125. The van der Waals surface area contributed by atoms with Crippen molar-refractivity contribution in [1.82, 2.24) is 10.2 Å². The predicted molar refractivity (Wildman–Crippen MR) is 39.8 cm³/mol. The third kappa shape index (κ3) is 0.692. The lowest BCUT2D eigenvalue weighted by molar-refractivity contribution is 1.09. The molecule has 50 valence electrons. The fourth-order valence-corrected chi connectivity index (χ4v) is 1.00. The Balaban J connectivity index is 2.86. The number of nitrogens with zero attached hydrogens (tertiary/aromatic N) is 2. The Hall–Kier alpha value is -1.31. The normalized spacial score (nSPS) is 10.5. The summed E-state index contributed by atoms with van der Waals surface area (Å²) in [5.74, 6) is 0. The van der Waals surface area contributed by atoms with Gasteiger partial charge in [-0.3, -0.25) is 0 Å². The van der Waals surface area contributed by atoms with Gasteiger partial charge in [-0.15, -0.1) is 0 Å². The van der Waals surface area contributed by atoms with Crippen LogP contribution in [-0.4, -0.2) is 5.10 Å². The summed E-state index contributed by atoms with van der Waals surface area (Å²) >= 11 is 0. The third-order valence-electron chi connectivity index (χ3n) is 1.55.